The van der Waals surface area contributed by atoms with Gasteiger partial charge in [0.2, 0.25) is 0 Å². The number of hydrogen-bond acceptors (Lipinski definition) is 2. The van der Waals surface area contributed by atoms with E-state index < -0.39 is 0 Å². The van der Waals surface area contributed by atoms with Gasteiger partial charge in [-0.15, -0.1) is 0 Å². The fourth-order valence-corrected chi connectivity index (χ4v) is 2.43. The summed E-state index contributed by atoms with van der Waals surface area (Å²) in [6.45, 7) is 7.04. The molecule has 0 aliphatic heterocycles. The first-order chi connectivity index (χ1) is 11.0. The van der Waals surface area contributed by atoms with Crippen molar-refractivity contribution in [1.82, 2.24) is 0 Å². The SMILES string of the molecule is Cc1ccc(Cl)c(N=Cc2ccc(OCCC(C)C)cc2)c1Cl. The first kappa shape index (κ1) is 17.8. The van der Waals surface area contributed by atoms with Crippen molar-refractivity contribution < 1.29 is 4.74 Å². The van der Waals surface area contributed by atoms with Gasteiger partial charge in [-0.2, -0.15) is 0 Å². The van der Waals surface area contributed by atoms with Crippen molar-refractivity contribution in [3.05, 3.63) is 57.6 Å². The molecule has 2 nitrogen and oxygen atoms in total. The second kappa shape index (κ2) is 8.37. The summed E-state index contributed by atoms with van der Waals surface area (Å²) in [6.07, 6.45) is 2.80. The van der Waals surface area contributed by atoms with Gasteiger partial charge in [0.25, 0.3) is 0 Å². The molecule has 122 valence electrons. The van der Waals surface area contributed by atoms with Crippen LogP contribution in [-0.4, -0.2) is 12.8 Å². The van der Waals surface area contributed by atoms with Gasteiger partial charge in [-0.05, 0) is 60.7 Å². The molecule has 0 heterocycles. The molecular weight excluding hydrogens is 329 g/mol. The van der Waals surface area contributed by atoms with Gasteiger partial charge in [-0.1, -0.05) is 43.1 Å². The Bertz CT molecular complexity index is 679. The average Bonchev–Trinajstić information content (AvgIpc) is 2.52. The average molecular weight is 350 g/mol. The van der Waals surface area contributed by atoms with Crippen LogP contribution in [0.3, 0.4) is 0 Å². The van der Waals surface area contributed by atoms with Crippen LogP contribution in [0.5, 0.6) is 5.75 Å². The Balaban J connectivity index is 2.05. The molecule has 0 aliphatic rings. The Kier molecular flexibility index (Phi) is 6.49. The van der Waals surface area contributed by atoms with Crippen molar-refractivity contribution >= 4 is 35.1 Å². The molecule has 0 bridgehead atoms. The lowest BCUT2D eigenvalue weighted by Gasteiger charge is -2.08. The van der Waals surface area contributed by atoms with E-state index in [9.17, 15) is 0 Å². The summed E-state index contributed by atoms with van der Waals surface area (Å²) < 4.78 is 5.70. The molecule has 0 fully saturated rings. The number of ether oxygens (including phenoxy) is 1. The van der Waals surface area contributed by atoms with E-state index >= 15 is 0 Å². The summed E-state index contributed by atoms with van der Waals surface area (Å²) in [5.41, 5.74) is 2.53. The van der Waals surface area contributed by atoms with Crippen molar-refractivity contribution in [3.8, 4) is 5.75 Å². The van der Waals surface area contributed by atoms with Crippen molar-refractivity contribution in [2.24, 2.45) is 10.9 Å². The Morgan fingerprint density at radius 3 is 2.43 bits per heavy atom. The topological polar surface area (TPSA) is 21.6 Å². The highest BCUT2D eigenvalue weighted by Gasteiger charge is 2.06. The van der Waals surface area contributed by atoms with E-state index in [1.54, 1.807) is 12.3 Å². The van der Waals surface area contributed by atoms with Crippen LogP contribution in [0.25, 0.3) is 0 Å². The third kappa shape index (κ3) is 5.26. The Labute approximate surface area is 148 Å². The van der Waals surface area contributed by atoms with Crippen molar-refractivity contribution in [3.63, 3.8) is 0 Å². The van der Waals surface area contributed by atoms with Crippen LogP contribution in [0.4, 0.5) is 5.69 Å². The summed E-state index contributed by atoms with van der Waals surface area (Å²) in [7, 11) is 0. The highest BCUT2D eigenvalue weighted by molar-refractivity contribution is 6.39. The summed E-state index contributed by atoms with van der Waals surface area (Å²) in [5, 5.41) is 1.13. The normalized spacial score (nSPS) is 11.4. The summed E-state index contributed by atoms with van der Waals surface area (Å²) in [6, 6.07) is 11.5. The van der Waals surface area contributed by atoms with Gasteiger partial charge in [0.15, 0.2) is 0 Å². The maximum absolute atomic E-state index is 6.25. The van der Waals surface area contributed by atoms with Gasteiger partial charge in [0, 0.05) is 6.21 Å². The van der Waals surface area contributed by atoms with Crippen LogP contribution in [0.2, 0.25) is 10.0 Å². The zero-order valence-corrected chi connectivity index (χ0v) is 15.2. The zero-order valence-electron chi connectivity index (χ0n) is 13.6. The van der Waals surface area contributed by atoms with Gasteiger partial charge >= 0.3 is 0 Å². The fraction of sp³-hybridized carbons (Fsp3) is 0.316. The molecule has 0 unspecified atom stereocenters. The second-order valence-corrected chi connectivity index (χ2v) is 6.67. The minimum atomic E-state index is 0.547. The molecule has 4 heteroatoms. The molecule has 0 atom stereocenters. The van der Waals surface area contributed by atoms with Gasteiger partial charge in [0.05, 0.1) is 16.7 Å². The molecule has 0 saturated carbocycles. The third-order valence-corrected chi connectivity index (χ3v) is 4.23. The van der Waals surface area contributed by atoms with E-state index in [-0.39, 0.29) is 0 Å². The van der Waals surface area contributed by atoms with E-state index in [1.807, 2.05) is 37.3 Å². The van der Waals surface area contributed by atoms with Crippen LogP contribution in [0.15, 0.2) is 41.4 Å². The number of halogens is 2. The molecule has 2 aromatic carbocycles. The number of hydrogen-bond donors (Lipinski definition) is 0. The van der Waals surface area contributed by atoms with Crippen molar-refractivity contribution in [2.75, 3.05) is 6.61 Å². The number of aliphatic imine (C=N–C) groups is 1. The summed E-state index contributed by atoms with van der Waals surface area (Å²) in [5.74, 6) is 1.51. The number of benzene rings is 2. The number of nitrogens with zero attached hydrogens (tertiary/aromatic N) is 1. The lowest BCUT2D eigenvalue weighted by atomic mass is 10.1. The molecule has 23 heavy (non-hydrogen) atoms. The highest BCUT2D eigenvalue weighted by Crippen LogP contribution is 2.35. The minimum absolute atomic E-state index is 0.547. The van der Waals surface area contributed by atoms with E-state index in [0.29, 0.717) is 21.7 Å². The van der Waals surface area contributed by atoms with Crippen LogP contribution < -0.4 is 4.74 Å². The number of aryl methyl sites for hydroxylation is 1. The van der Waals surface area contributed by atoms with Gasteiger partial charge < -0.3 is 4.74 Å². The zero-order chi connectivity index (χ0) is 16.8. The van der Waals surface area contributed by atoms with Crippen molar-refractivity contribution in [2.45, 2.75) is 27.2 Å². The van der Waals surface area contributed by atoms with E-state index in [4.69, 9.17) is 27.9 Å². The van der Waals surface area contributed by atoms with Crippen LogP contribution in [-0.2, 0) is 0 Å². The molecule has 0 spiro atoms. The first-order valence-corrected chi connectivity index (χ1v) is 8.44. The molecular formula is C19H21Cl2NO. The molecule has 2 aromatic rings. The Morgan fingerprint density at radius 2 is 1.78 bits per heavy atom. The van der Waals surface area contributed by atoms with Crippen LogP contribution in [0, 0.1) is 12.8 Å². The first-order valence-electron chi connectivity index (χ1n) is 7.69. The molecule has 0 aliphatic carbocycles. The third-order valence-electron chi connectivity index (χ3n) is 3.45. The van der Waals surface area contributed by atoms with Gasteiger partial charge in [-0.3, -0.25) is 4.99 Å². The predicted molar refractivity (Wildman–Crippen MR) is 99.8 cm³/mol. The van der Waals surface area contributed by atoms with E-state index in [2.05, 4.69) is 18.8 Å². The minimum Gasteiger partial charge on any atom is -0.494 e. The Morgan fingerprint density at radius 1 is 1.09 bits per heavy atom. The smallest absolute Gasteiger partial charge is 0.119 e. The molecule has 0 aromatic heterocycles. The Hall–Kier alpha value is -1.51. The van der Waals surface area contributed by atoms with Crippen LogP contribution in [0.1, 0.15) is 31.4 Å². The van der Waals surface area contributed by atoms with Gasteiger partial charge in [-0.25, -0.2) is 0 Å². The summed E-state index contributed by atoms with van der Waals surface area (Å²) >= 11 is 12.4. The molecule has 0 amide bonds. The lowest BCUT2D eigenvalue weighted by molar-refractivity contribution is 0.289. The van der Waals surface area contributed by atoms with E-state index in [0.717, 1.165) is 29.9 Å². The highest BCUT2D eigenvalue weighted by atomic mass is 35.5. The second-order valence-electron chi connectivity index (χ2n) is 5.89. The maximum atomic E-state index is 6.25. The molecule has 0 radical (unpaired) electrons. The molecule has 2 rings (SSSR count). The number of rotatable bonds is 6. The standard InChI is InChI=1S/C19H21Cl2NO/c1-13(2)10-11-23-16-7-5-15(6-8-16)12-22-19-17(20)9-4-14(3)18(19)21/h4-9,12-13H,10-11H2,1-3H3. The monoisotopic (exact) mass is 349 g/mol. The molecule has 0 saturated heterocycles. The predicted octanol–water partition coefficient (Wildman–Crippen LogP) is 6.48. The lowest BCUT2D eigenvalue weighted by Crippen LogP contribution is -2.01. The van der Waals surface area contributed by atoms with Crippen molar-refractivity contribution in [1.29, 1.82) is 0 Å². The molecule has 0 N–H and O–H groups in total. The maximum Gasteiger partial charge on any atom is 0.119 e. The van der Waals surface area contributed by atoms with Crippen LogP contribution >= 0.6 is 23.2 Å². The largest absolute Gasteiger partial charge is 0.494 e. The summed E-state index contributed by atoms with van der Waals surface area (Å²) in [4.78, 5) is 4.42. The van der Waals surface area contributed by atoms with E-state index in [1.165, 1.54) is 0 Å². The fourth-order valence-electron chi connectivity index (χ4n) is 1.96. The van der Waals surface area contributed by atoms with Gasteiger partial charge in [0.1, 0.15) is 11.4 Å². The quantitative estimate of drug-likeness (QED) is 0.547.